The van der Waals surface area contributed by atoms with E-state index in [2.05, 4.69) is 199 Å². The molecule has 5 aromatic carbocycles. The maximum atomic E-state index is 3.74. The summed E-state index contributed by atoms with van der Waals surface area (Å²) >= 11 is 0. The molecule has 0 N–H and O–H groups in total. The molecule has 1 aliphatic carbocycles. The van der Waals surface area contributed by atoms with Crippen molar-refractivity contribution in [1.82, 2.24) is 0 Å². The van der Waals surface area contributed by atoms with Crippen molar-refractivity contribution in [3.8, 4) is 0 Å². The Kier molecular flexibility index (Phi) is 12.7. The molecule has 52 heavy (non-hydrogen) atoms. The van der Waals surface area contributed by atoms with Crippen LogP contribution in [0.1, 0.15) is 19.8 Å². The van der Waals surface area contributed by atoms with Crippen molar-refractivity contribution >= 4 is 44.3 Å². The number of fused-ring (bicyclic) bond motifs is 3. The van der Waals surface area contributed by atoms with Gasteiger partial charge in [-0.3, -0.25) is 0 Å². The number of hydrogen-bond acceptors (Lipinski definition) is 2. The lowest BCUT2D eigenvalue weighted by Crippen LogP contribution is -2.38. The van der Waals surface area contributed by atoms with Crippen LogP contribution < -0.4 is 20.2 Å². The predicted molar refractivity (Wildman–Crippen MR) is 228 cm³/mol. The Bertz CT molecular complexity index is 2360. The van der Waals surface area contributed by atoms with Crippen molar-refractivity contribution < 1.29 is 0 Å². The summed E-state index contributed by atoms with van der Waals surface area (Å²) in [6.45, 7) is 6.52. The van der Waals surface area contributed by atoms with Gasteiger partial charge in [0.25, 0.3) is 0 Å². The molecule has 0 fully saturated rings. The maximum absolute atomic E-state index is 3.74. The molecule has 0 aromatic heterocycles. The molecule has 0 amide bonds. The predicted octanol–water partition coefficient (Wildman–Crippen LogP) is 11.6. The zero-order chi connectivity index (χ0) is 35.8. The lowest BCUT2D eigenvalue weighted by atomic mass is 10.0. The van der Waals surface area contributed by atoms with Crippen molar-refractivity contribution in [2.75, 3.05) is 16.3 Å². The summed E-state index contributed by atoms with van der Waals surface area (Å²) in [5, 5.41) is 7.34. The van der Waals surface area contributed by atoms with Gasteiger partial charge in [-0.1, -0.05) is 171 Å². The lowest BCUT2D eigenvalue weighted by Gasteiger charge is -2.28. The van der Waals surface area contributed by atoms with E-state index < -0.39 is 0 Å². The van der Waals surface area contributed by atoms with Gasteiger partial charge < -0.3 is 9.80 Å². The monoisotopic (exact) mass is 674 g/mol. The minimum Gasteiger partial charge on any atom is -0.340 e. The van der Waals surface area contributed by atoms with E-state index in [4.69, 9.17) is 0 Å². The lowest BCUT2D eigenvalue weighted by molar-refractivity contribution is 1.05. The second kappa shape index (κ2) is 18.6. The first-order chi connectivity index (χ1) is 25.8. The largest absolute Gasteiger partial charge is 0.340 e. The van der Waals surface area contributed by atoms with Crippen LogP contribution in [0.2, 0.25) is 0 Å². The Morgan fingerprint density at radius 1 is 0.538 bits per heavy atom. The second-order valence-corrected chi connectivity index (χ2v) is 12.4. The van der Waals surface area contributed by atoms with Gasteiger partial charge in [-0.05, 0) is 70.9 Å². The fourth-order valence-electron chi connectivity index (χ4n) is 6.47. The Hall–Kier alpha value is -6.38. The number of hydrogen-bond donors (Lipinski definition) is 0. The summed E-state index contributed by atoms with van der Waals surface area (Å²) in [6, 6.07) is 39.6. The van der Waals surface area contributed by atoms with E-state index in [1.54, 1.807) is 6.08 Å². The smallest absolute Gasteiger partial charge is 0.0452 e. The average molecular weight is 675 g/mol. The summed E-state index contributed by atoms with van der Waals surface area (Å²) in [7, 11) is 0. The molecule has 0 saturated carbocycles. The molecule has 1 aliphatic rings. The summed E-state index contributed by atoms with van der Waals surface area (Å²) in [5.74, 6) is 0. The van der Waals surface area contributed by atoms with Crippen LogP contribution in [0.25, 0.3) is 32.9 Å². The van der Waals surface area contributed by atoms with Gasteiger partial charge in [0.2, 0.25) is 0 Å². The van der Waals surface area contributed by atoms with Crippen LogP contribution >= 0.6 is 0 Å². The van der Waals surface area contributed by atoms with Crippen molar-refractivity contribution in [2.24, 2.45) is 0 Å². The van der Waals surface area contributed by atoms with Crippen molar-refractivity contribution in [3.05, 3.63) is 230 Å². The highest BCUT2D eigenvalue weighted by Gasteiger charge is 2.17. The SMILES string of the molecule is C=C\C=C/C=C/C=C\C=C\N(/C1=c2\cc3ccccc3c\c2=C(/N(C/C=C\C=C/C)c2ccc3ccccc3c2)C/C=C\C=C/C1)c1ccccc1. The van der Waals surface area contributed by atoms with E-state index in [0.29, 0.717) is 0 Å². The van der Waals surface area contributed by atoms with Gasteiger partial charge in [-0.15, -0.1) is 0 Å². The average Bonchev–Trinajstić information content (AvgIpc) is 3.19. The number of para-hydroxylation sites is 1. The molecule has 0 unspecified atom stereocenters. The summed E-state index contributed by atoms with van der Waals surface area (Å²) in [4.78, 5) is 4.84. The van der Waals surface area contributed by atoms with E-state index in [1.165, 1.54) is 49.1 Å². The number of nitrogens with zero attached hydrogens (tertiary/aromatic N) is 2. The molecule has 2 heteroatoms. The molecule has 0 aliphatic heterocycles. The van der Waals surface area contributed by atoms with Gasteiger partial charge in [0, 0.05) is 58.8 Å². The number of rotatable bonds is 12. The third-order valence-corrected chi connectivity index (χ3v) is 8.97. The van der Waals surface area contributed by atoms with Crippen molar-refractivity contribution in [1.29, 1.82) is 0 Å². The molecular formula is C50H46N2. The summed E-state index contributed by atoms with van der Waals surface area (Å²) in [5.41, 5.74) is 4.73. The molecule has 6 rings (SSSR count). The molecule has 0 radical (unpaired) electrons. The highest BCUT2D eigenvalue weighted by atomic mass is 15.1. The van der Waals surface area contributed by atoms with Crippen LogP contribution in [0.4, 0.5) is 11.4 Å². The third kappa shape index (κ3) is 9.04. The Morgan fingerprint density at radius 3 is 1.79 bits per heavy atom. The van der Waals surface area contributed by atoms with Crippen LogP contribution in [0.5, 0.6) is 0 Å². The number of anilines is 2. The molecule has 0 spiro atoms. The van der Waals surface area contributed by atoms with Crippen LogP contribution in [0, 0.1) is 0 Å². The Balaban J connectivity index is 1.66. The standard InChI is InChI=1S/C50H46N2/c1-3-5-7-9-10-11-14-25-36-51(45-30-16-15-17-31-45)49-32-18-12-13-19-33-50(48-40-44-29-23-22-28-43(44)39-47(48)49)52(37-24-8-6-4-2)46-35-34-41-26-20-21-27-42(41)38-46/h3-31,34-36,38-40H,1,32-33,37H2,2H3/b6-4-,7-5-,10-9+,14-11-,18-12-,19-13-,24-8-,36-25+,49-47+,50-48+. The van der Waals surface area contributed by atoms with Crippen molar-refractivity contribution in [2.45, 2.75) is 19.8 Å². The number of benzene rings is 5. The maximum Gasteiger partial charge on any atom is 0.0452 e. The second-order valence-electron chi connectivity index (χ2n) is 12.4. The van der Waals surface area contributed by atoms with Crippen LogP contribution in [-0.2, 0) is 0 Å². The first kappa shape index (κ1) is 35.4. The fourth-order valence-corrected chi connectivity index (χ4v) is 6.47. The molecule has 256 valence electrons. The normalized spacial score (nSPS) is 17.2. The quantitative estimate of drug-likeness (QED) is 0.122. The summed E-state index contributed by atoms with van der Waals surface area (Å²) in [6.07, 6.45) is 37.1. The zero-order valence-electron chi connectivity index (χ0n) is 29.9. The molecule has 0 heterocycles. The Labute approximate surface area is 309 Å². The molecule has 2 nitrogen and oxygen atoms in total. The fraction of sp³-hybridized carbons (Fsp3) is 0.0800. The first-order valence-electron chi connectivity index (χ1n) is 18.0. The van der Waals surface area contributed by atoms with Gasteiger partial charge in [-0.25, -0.2) is 0 Å². The molecule has 0 saturated heterocycles. The van der Waals surface area contributed by atoms with E-state index in [9.17, 15) is 0 Å². The van der Waals surface area contributed by atoms with Gasteiger partial charge >= 0.3 is 0 Å². The van der Waals surface area contributed by atoms with Gasteiger partial charge in [-0.2, -0.15) is 0 Å². The number of allylic oxidation sites excluding steroid dienone is 13. The van der Waals surface area contributed by atoms with Crippen LogP contribution in [-0.4, -0.2) is 6.54 Å². The molecule has 0 atom stereocenters. The molecular weight excluding hydrogens is 629 g/mol. The van der Waals surface area contributed by atoms with E-state index >= 15 is 0 Å². The topological polar surface area (TPSA) is 6.48 Å². The third-order valence-electron chi connectivity index (χ3n) is 8.97. The van der Waals surface area contributed by atoms with E-state index in [1.807, 2.05) is 30.4 Å². The molecule has 5 aromatic rings. The minimum atomic E-state index is 0.728. The van der Waals surface area contributed by atoms with Crippen LogP contribution in [0.3, 0.4) is 0 Å². The minimum absolute atomic E-state index is 0.728. The first-order valence-corrected chi connectivity index (χ1v) is 18.0. The highest BCUT2D eigenvalue weighted by Crippen LogP contribution is 2.28. The van der Waals surface area contributed by atoms with Crippen molar-refractivity contribution in [3.63, 3.8) is 0 Å². The highest BCUT2D eigenvalue weighted by molar-refractivity contribution is 5.89. The van der Waals surface area contributed by atoms with E-state index in [-0.39, 0.29) is 0 Å². The van der Waals surface area contributed by atoms with Gasteiger partial charge in [0.15, 0.2) is 0 Å². The zero-order valence-corrected chi connectivity index (χ0v) is 29.9. The summed E-state index contributed by atoms with van der Waals surface area (Å²) < 4.78 is 0. The van der Waals surface area contributed by atoms with E-state index in [0.717, 1.165) is 25.1 Å². The van der Waals surface area contributed by atoms with Gasteiger partial charge in [0.1, 0.15) is 0 Å². The van der Waals surface area contributed by atoms with Gasteiger partial charge in [0.05, 0.1) is 0 Å². The van der Waals surface area contributed by atoms with Crippen LogP contribution in [0.15, 0.2) is 219 Å². The molecule has 0 bridgehead atoms. The Morgan fingerprint density at radius 2 is 1.12 bits per heavy atom.